The maximum Gasteiger partial charge on any atom is 0.223 e. The van der Waals surface area contributed by atoms with Gasteiger partial charge in [-0.1, -0.05) is 0 Å². The summed E-state index contributed by atoms with van der Waals surface area (Å²) < 4.78 is 0. The van der Waals surface area contributed by atoms with E-state index >= 15 is 0 Å². The van der Waals surface area contributed by atoms with E-state index in [1.54, 1.807) is 0 Å². The van der Waals surface area contributed by atoms with E-state index in [0.29, 0.717) is 12.5 Å². The zero-order valence-electron chi connectivity index (χ0n) is 4.81. The second kappa shape index (κ2) is 2.16. The Labute approximate surface area is 49.3 Å². The lowest BCUT2D eigenvalue weighted by Gasteiger charge is -1.95. The quantitative estimate of drug-likeness (QED) is 0.548. The Bertz CT molecular complexity index is 96.7. The van der Waals surface area contributed by atoms with Crippen molar-refractivity contribution in [3.63, 3.8) is 0 Å². The highest BCUT2D eigenvalue weighted by atomic mass is 16.2. The molecule has 45 valence electrons. The topological polar surface area (TPSA) is 29.1 Å². The number of amides is 1. The average molecular weight is 112 g/mol. The van der Waals surface area contributed by atoms with Crippen LogP contribution in [0.5, 0.6) is 0 Å². The lowest BCUT2D eigenvalue weighted by Crippen LogP contribution is -2.23. The van der Waals surface area contributed by atoms with Crippen molar-refractivity contribution in [3.8, 4) is 0 Å². The molecule has 1 amide bonds. The minimum atomic E-state index is 0.181. The summed E-state index contributed by atoms with van der Waals surface area (Å²) in [5, 5.41) is 2.66. The van der Waals surface area contributed by atoms with Gasteiger partial charge in [-0.05, 0) is 19.8 Å². The molecule has 0 atom stereocenters. The summed E-state index contributed by atoms with van der Waals surface area (Å²) in [7, 11) is 0. The Balaban J connectivity index is 2.13. The number of carbonyl (C=O) groups is 1. The van der Waals surface area contributed by atoms with Crippen molar-refractivity contribution < 1.29 is 4.79 Å². The third kappa shape index (κ3) is 1.22. The molecule has 0 aromatic heterocycles. The van der Waals surface area contributed by atoms with Crippen LogP contribution in [0.4, 0.5) is 0 Å². The van der Waals surface area contributed by atoms with Crippen LogP contribution in [0.15, 0.2) is 0 Å². The molecule has 2 nitrogen and oxygen atoms in total. The van der Waals surface area contributed by atoms with Gasteiger partial charge >= 0.3 is 0 Å². The van der Waals surface area contributed by atoms with Gasteiger partial charge in [-0.3, -0.25) is 4.79 Å². The van der Waals surface area contributed by atoms with Gasteiger partial charge in [0.25, 0.3) is 0 Å². The van der Waals surface area contributed by atoms with Gasteiger partial charge in [0.05, 0.1) is 0 Å². The Morgan fingerprint density at radius 3 is 2.75 bits per heavy atom. The van der Waals surface area contributed by atoms with E-state index < -0.39 is 0 Å². The van der Waals surface area contributed by atoms with Gasteiger partial charge in [-0.25, -0.2) is 0 Å². The number of carbonyl (C=O) groups excluding carboxylic acids is 1. The zero-order valence-corrected chi connectivity index (χ0v) is 4.81. The minimum Gasteiger partial charge on any atom is -0.356 e. The van der Waals surface area contributed by atoms with E-state index in [1.807, 2.05) is 0 Å². The number of nitrogens with one attached hydrogen (secondary N) is 1. The van der Waals surface area contributed by atoms with E-state index in [-0.39, 0.29) is 5.91 Å². The maximum atomic E-state index is 10.7. The van der Waals surface area contributed by atoms with Crippen molar-refractivity contribution in [2.45, 2.75) is 12.8 Å². The summed E-state index contributed by atoms with van der Waals surface area (Å²) in [6, 6.07) is 0. The predicted octanol–water partition coefficient (Wildman–Crippen LogP) is 0.347. The summed E-state index contributed by atoms with van der Waals surface area (Å²) in [6.45, 7) is 4.03. The molecule has 0 aliphatic heterocycles. The molecular formula is C6H10NO. The van der Waals surface area contributed by atoms with Crippen LogP contribution in [-0.4, -0.2) is 12.5 Å². The van der Waals surface area contributed by atoms with E-state index in [1.165, 1.54) is 0 Å². The van der Waals surface area contributed by atoms with Crippen LogP contribution in [0.2, 0.25) is 0 Å². The summed E-state index contributed by atoms with van der Waals surface area (Å²) in [5.74, 6) is 0.511. The van der Waals surface area contributed by atoms with Crippen molar-refractivity contribution in [2.24, 2.45) is 5.92 Å². The lowest BCUT2D eigenvalue weighted by atomic mass is 10.4. The third-order valence-electron chi connectivity index (χ3n) is 1.25. The summed E-state index contributed by atoms with van der Waals surface area (Å²) in [5.41, 5.74) is 0. The molecule has 2 heteroatoms. The average Bonchev–Trinajstić information content (AvgIpc) is 2.45. The molecule has 1 radical (unpaired) electrons. The molecule has 1 fully saturated rings. The SMILES string of the molecule is [CH2]CNC(=O)C1CC1. The Hall–Kier alpha value is -0.530. The van der Waals surface area contributed by atoms with E-state index in [0.717, 1.165) is 12.8 Å². The van der Waals surface area contributed by atoms with Gasteiger partial charge in [0.1, 0.15) is 0 Å². The van der Waals surface area contributed by atoms with E-state index in [4.69, 9.17) is 0 Å². The van der Waals surface area contributed by atoms with Gasteiger partial charge in [0.2, 0.25) is 5.91 Å². The van der Waals surface area contributed by atoms with Crippen molar-refractivity contribution in [3.05, 3.63) is 6.92 Å². The van der Waals surface area contributed by atoms with Crippen LogP contribution in [0.25, 0.3) is 0 Å². The molecule has 0 bridgehead atoms. The summed E-state index contributed by atoms with van der Waals surface area (Å²) in [4.78, 5) is 10.7. The van der Waals surface area contributed by atoms with Crippen LogP contribution < -0.4 is 5.32 Å². The van der Waals surface area contributed by atoms with Gasteiger partial charge in [0.15, 0.2) is 0 Å². The standard InChI is InChI=1S/C6H10NO/c1-2-7-6(8)5-3-4-5/h5H,1-4H2,(H,7,8). The van der Waals surface area contributed by atoms with Crippen LogP contribution >= 0.6 is 0 Å². The molecule has 1 saturated carbocycles. The molecule has 0 aromatic rings. The highest BCUT2D eigenvalue weighted by Gasteiger charge is 2.28. The van der Waals surface area contributed by atoms with Crippen LogP contribution in [0.1, 0.15) is 12.8 Å². The molecule has 1 N–H and O–H groups in total. The highest BCUT2D eigenvalue weighted by Crippen LogP contribution is 2.28. The molecular weight excluding hydrogens is 102 g/mol. The second-order valence-electron chi connectivity index (χ2n) is 2.07. The fraction of sp³-hybridized carbons (Fsp3) is 0.667. The van der Waals surface area contributed by atoms with Crippen LogP contribution in [0.3, 0.4) is 0 Å². The first-order valence-corrected chi connectivity index (χ1v) is 2.91. The molecule has 0 heterocycles. The summed E-state index contributed by atoms with van der Waals surface area (Å²) in [6.07, 6.45) is 2.15. The smallest absolute Gasteiger partial charge is 0.223 e. The predicted molar refractivity (Wildman–Crippen MR) is 31.1 cm³/mol. The highest BCUT2D eigenvalue weighted by molar-refractivity contribution is 5.80. The van der Waals surface area contributed by atoms with Gasteiger partial charge < -0.3 is 5.32 Å². The fourth-order valence-corrected chi connectivity index (χ4v) is 0.613. The first-order valence-electron chi connectivity index (χ1n) is 2.91. The largest absolute Gasteiger partial charge is 0.356 e. The van der Waals surface area contributed by atoms with Crippen molar-refractivity contribution in [2.75, 3.05) is 6.54 Å². The first kappa shape index (κ1) is 5.60. The van der Waals surface area contributed by atoms with Crippen molar-refractivity contribution in [1.82, 2.24) is 5.32 Å². The lowest BCUT2D eigenvalue weighted by molar-refractivity contribution is -0.122. The summed E-state index contributed by atoms with van der Waals surface area (Å²) >= 11 is 0. The van der Waals surface area contributed by atoms with E-state index in [9.17, 15) is 4.79 Å². The minimum absolute atomic E-state index is 0.181. The van der Waals surface area contributed by atoms with Crippen molar-refractivity contribution in [1.29, 1.82) is 0 Å². The zero-order chi connectivity index (χ0) is 5.98. The number of hydrogen-bond donors (Lipinski definition) is 1. The Morgan fingerprint density at radius 1 is 1.75 bits per heavy atom. The second-order valence-corrected chi connectivity index (χ2v) is 2.07. The molecule has 0 saturated heterocycles. The molecule has 1 aliphatic carbocycles. The Kier molecular flexibility index (Phi) is 1.51. The molecule has 0 spiro atoms. The monoisotopic (exact) mass is 112 g/mol. The fourth-order valence-electron chi connectivity index (χ4n) is 0.613. The molecule has 1 rings (SSSR count). The maximum absolute atomic E-state index is 10.7. The number of rotatable bonds is 2. The normalized spacial score (nSPS) is 18.1. The molecule has 1 aliphatic rings. The van der Waals surface area contributed by atoms with Crippen LogP contribution in [-0.2, 0) is 4.79 Å². The van der Waals surface area contributed by atoms with Gasteiger partial charge in [0, 0.05) is 12.5 Å². The Morgan fingerprint density at radius 2 is 2.38 bits per heavy atom. The van der Waals surface area contributed by atoms with E-state index in [2.05, 4.69) is 12.2 Å². The molecule has 0 aromatic carbocycles. The van der Waals surface area contributed by atoms with Gasteiger partial charge in [-0.2, -0.15) is 0 Å². The van der Waals surface area contributed by atoms with Gasteiger partial charge in [-0.15, -0.1) is 0 Å². The van der Waals surface area contributed by atoms with Crippen molar-refractivity contribution >= 4 is 5.91 Å². The van der Waals surface area contributed by atoms with Crippen LogP contribution in [0, 0.1) is 12.8 Å². The first-order chi connectivity index (χ1) is 3.84. The molecule has 8 heavy (non-hydrogen) atoms. The third-order valence-corrected chi connectivity index (χ3v) is 1.25. The molecule has 0 unspecified atom stereocenters. The number of hydrogen-bond acceptors (Lipinski definition) is 1.